The number of amides is 1. The monoisotopic (exact) mass is 429 g/mol. The van der Waals surface area contributed by atoms with E-state index in [9.17, 15) is 23.3 Å². The van der Waals surface area contributed by atoms with Crippen LogP contribution < -0.4 is 4.74 Å². The van der Waals surface area contributed by atoms with Gasteiger partial charge in [-0.25, -0.2) is 8.42 Å². The standard InChI is InChI=1S/C15H19N5O6S2/c1-26-15-12(20(22)23)11-18(16-15)5-4-13(21)17-6-8-19(9-7-17)28(24,25)14-3-2-10-27-14/h2-3,10-11H,4-9H2,1H3. The summed E-state index contributed by atoms with van der Waals surface area (Å²) in [6, 6.07) is 3.25. The summed E-state index contributed by atoms with van der Waals surface area (Å²) in [5.74, 6) is -0.268. The Bertz CT molecular complexity index is 948. The Morgan fingerprint density at radius 3 is 2.61 bits per heavy atom. The molecule has 0 bridgehead atoms. The fraction of sp³-hybridized carbons (Fsp3) is 0.467. The second kappa shape index (κ2) is 8.24. The van der Waals surface area contributed by atoms with Crippen LogP contribution in [0.4, 0.5) is 5.69 Å². The molecule has 28 heavy (non-hydrogen) atoms. The molecule has 3 rings (SSSR count). The van der Waals surface area contributed by atoms with Crippen LogP contribution in [0, 0.1) is 10.1 Å². The van der Waals surface area contributed by atoms with Crippen LogP contribution in [0.1, 0.15) is 6.42 Å². The number of nitro groups is 1. The number of methoxy groups -OCH3 is 1. The van der Waals surface area contributed by atoms with Crippen LogP contribution in [-0.2, 0) is 21.4 Å². The van der Waals surface area contributed by atoms with E-state index in [2.05, 4.69) is 5.10 Å². The molecule has 1 amide bonds. The molecule has 2 aromatic heterocycles. The van der Waals surface area contributed by atoms with Gasteiger partial charge in [0.2, 0.25) is 5.91 Å². The maximum Gasteiger partial charge on any atom is 0.350 e. The van der Waals surface area contributed by atoms with Gasteiger partial charge in [0.1, 0.15) is 10.4 Å². The van der Waals surface area contributed by atoms with Crippen molar-refractivity contribution in [2.45, 2.75) is 17.2 Å². The first-order valence-electron chi connectivity index (χ1n) is 8.40. The Morgan fingerprint density at radius 1 is 1.36 bits per heavy atom. The lowest BCUT2D eigenvalue weighted by Crippen LogP contribution is -2.50. The van der Waals surface area contributed by atoms with Crippen molar-refractivity contribution in [3.63, 3.8) is 0 Å². The van der Waals surface area contributed by atoms with Crippen LogP contribution in [0.15, 0.2) is 27.9 Å². The van der Waals surface area contributed by atoms with Gasteiger partial charge in [-0.05, 0) is 11.4 Å². The van der Waals surface area contributed by atoms with Gasteiger partial charge in [-0.2, -0.15) is 4.31 Å². The van der Waals surface area contributed by atoms with E-state index in [1.54, 1.807) is 22.4 Å². The maximum atomic E-state index is 12.5. The lowest BCUT2D eigenvalue weighted by molar-refractivity contribution is -0.385. The zero-order valence-corrected chi connectivity index (χ0v) is 16.7. The third kappa shape index (κ3) is 4.15. The van der Waals surface area contributed by atoms with Gasteiger partial charge in [-0.15, -0.1) is 16.4 Å². The summed E-state index contributed by atoms with van der Waals surface area (Å²) in [6.07, 6.45) is 1.32. The predicted octanol–water partition coefficient (Wildman–Crippen LogP) is 0.785. The van der Waals surface area contributed by atoms with E-state index >= 15 is 0 Å². The highest BCUT2D eigenvalue weighted by Crippen LogP contribution is 2.24. The van der Waals surface area contributed by atoms with Crippen molar-refractivity contribution in [1.82, 2.24) is 19.0 Å². The van der Waals surface area contributed by atoms with Crippen LogP contribution in [0.2, 0.25) is 0 Å². The molecule has 0 saturated carbocycles. The molecule has 0 aliphatic carbocycles. The lowest BCUT2D eigenvalue weighted by atomic mass is 10.3. The number of piperazine rings is 1. The normalized spacial score (nSPS) is 15.5. The minimum atomic E-state index is -3.51. The molecule has 1 aliphatic rings. The number of nitrogens with zero attached hydrogens (tertiary/aromatic N) is 5. The smallest absolute Gasteiger partial charge is 0.350 e. The molecule has 3 heterocycles. The molecular formula is C15H19N5O6S2. The van der Waals surface area contributed by atoms with Gasteiger partial charge in [0.05, 0.1) is 18.6 Å². The van der Waals surface area contributed by atoms with E-state index < -0.39 is 14.9 Å². The number of carbonyl (C=O) groups excluding carboxylic acids is 1. The molecule has 2 aromatic rings. The van der Waals surface area contributed by atoms with Gasteiger partial charge in [-0.1, -0.05) is 6.07 Å². The Hall–Kier alpha value is -2.51. The molecule has 0 aromatic carbocycles. The third-order valence-electron chi connectivity index (χ3n) is 4.34. The lowest BCUT2D eigenvalue weighted by Gasteiger charge is -2.33. The topological polar surface area (TPSA) is 128 Å². The summed E-state index contributed by atoms with van der Waals surface area (Å²) < 4.78 is 32.8. The number of sulfonamides is 1. The van der Waals surface area contributed by atoms with Gasteiger partial charge < -0.3 is 9.64 Å². The molecule has 152 valence electrons. The van der Waals surface area contributed by atoms with Crippen LogP contribution in [-0.4, -0.2) is 71.5 Å². The van der Waals surface area contributed by atoms with Crippen molar-refractivity contribution in [3.8, 4) is 5.88 Å². The molecule has 1 saturated heterocycles. The SMILES string of the molecule is COc1nn(CCC(=O)N2CCN(S(=O)(=O)c3cccs3)CC2)cc1[N+](=O)[O-]. The second-order valence-electron chi connectivity index (χ2n) is 6.01. The molecule has 0 atom stereocenters. The van der Waals surface area contributed by atoms with E-state index in [1.165, 1.54) is 33.6 Å². The first kappa shape index (κ1) is 20.2. The van der Waals surface area contributed by atoms with Crippen LogP contribution >= 0.6 is 11.3 Å². The fourth-order valence-electron chi connectivity index (χ4n) is 2.86. The van der Waals surface area contributed by atoms with Crippen molar-refractivity contribution >= 4 is 33.0 Å². The van der Waals surface area contributed by atoms with Crippen molar-refractivity contribution in [2.24, 2.45) is 0 Å². The van der Waals surface area contributed by atoms with Gasteiger partial charge in [0, 0.05) is 32.6 Å². The van der Waals surface area contributed by atoms with Crippen molar-refractivity contribution < 1.29 is 22.9 Å². The zero-order chi connectivity index (χ0) is 20.3. The predicted molar refractivity (Wildman–Crippen MR) is 99.7 cm³/mol. The minimum absolute atomic E-state index is 0.0969. The first-order valence-corrected chi connectivity index (χ1v) is 10.7. The summed E-state index contributed by atoms with van der Waals surface area (Å²) in [5, 5.41) is 16.6. The van der Waals surface area contributed by atoms with Crippen LogP contribution in [0.3, 0.4) is 0 Å². The number of hydrogen-bond acceptors (Lipinski definition) is 8. The van der Waals surface area contributed by atoms with E-state index in [4.69, 9.17) is 4.74 Å². The highest BCUT2D eigenvalue weighted by molar-refractivity contribution is 7.91. The summed E-state index contributed by atoms with van der Waals surface area (Å²) in [7, 11) is -2.23. The average Bonchev–Trinajstić information content (AvgIpc) is 3.36. The average molecular weight is 429 g/mol. The number of aryl methyl sites for hydroxylation is 1. The molecular weight excluding hydrogens is 410 g/mol. The highest BCUT2D eigenvalue weighted by Gasteiger charge is 2.30. The Kier molecular flexibility index (Phi) is 5.96. The van der Waals surface area contributed by atoms with Gasteiger partial charge >= 0.3 is 11.6 Å². The van der Waals surface area contributed by atoms with Crippen molar-refractivity contribution in [2.75, 3.05) is 33.3 Å². The molecule has 1 aliphatic heterocycles. The molecule has 11 nitrogen and oxygen atoms in total. The van der Waals surface area contributed by atoms with Gasteiger partial charge in [0.25, 0.3) is 10.0 Å². The number of hydrogen-bond donors (Lipinski definition) is 0. The summed E-state index contributed by atoms with van der Waals surface area (Å²) in [6.45, 7) is 1.22. The summed E-state index contributed by atoms with van der Waals surface area (Å²) in [5.41, 5.74) is -0.262. The molecule has 0 radical (unpaired) electrons. The first-order chi connectivity index (χ1) is 13.3. The largest absolute Gasteiger partial charge is 0.475 e. The number of aromatic nitrogens is 2. The van der Waals surface area contributed by atoms with E-state index in [0.717, 1.165) is 0 Å². The zero-order valence-electron chi connectivity index (χ0n) is 15.1. The minimum Gasteiger partial charge on any atom is -0.475 e. The van der Waals surface area contributed by atoms with E-state index in [-0.39, 0.29) is 43.5 Å². The number of thiophene rings is 1. The fourth-order valence-corrected chi connectivity index (χ4v) is 5.43. The number of carbonyl (C=O) groups is 1. The number of ether oxygens (including phenoxy) is 1. The molecule has 0 N–H and O–H groups in total. The Morgan fingerprint density at radius 2 is 2.07 bits per heavy atom. The molecule has 0 unspecified atom stereocenters. The summed E-state index contributed by atoms with van der Waals surface area (Å²) >= 11 is 1.17. The van der Waals surface area contributed by atoms with Crippen LogP contribution in [0.5, 0.6) is 5.88 Å². The maximum absolute atomic E-state index is 12.5. The quantitative estimate of drug-likeness (QED) is 0.470. The highest BCUT2D eigenvalue weighted by atomic mass is 32.2. The third-order valence-corrected chi connectivity index (χ3v) is 7.61. The summed E-state index contributed by atoms with van der Waals surface area (Å²) in [4.78, 5) is 24.3. The molecule has 13 heteroatoms. The molecule has 1 fully saturated rings. The van der Waals surface area contributed by atoms with Gasteiger partial charge in [0.15, 0.2) is 0 Å². The molecule has 0 spiro atoms. The van der Waals surface area contributed by atoms with Gasteiger partial charge in [-0.3, -0.25) is 19.6 Å². The van der Waals surface area contributed by atoms with Crippen molar-refractivity contribution in [3.05, 3.63) is 33.8 Å². The van der Waals surface area contributed by atoms with E-state index in [1.807, 2.05) is 0 Å². The van der Waals surface area contributed by atoms with E-state index in [0.29, 0.717) is 17.3 Å². The van der Waals surface area contributed by atoms with Crippen molar-refractivity contribution in [1.29, 1.82) is 0 Å². The second-order valence-corrected chi connectivity index (χ2v) is 9.12. The van der Waals surface area contributed by atoms with Crippen LogP contribution in [0.25, 0.3) is 0 Å². The number of rotatable bonds is 7. The Balaban J connectivity index is 1.54. The Labute approximate surface area is 165 Å².